The lowest BCUT2D eigenvalue weighted by molar-refractivity contribution is 1.13. The van der Waals surface area contributed by atoms with Gasteiger partial charge in [0.1, 0.15) is 0 Å². The van der Waals surface area contributed by atoms with Crippen molar-refractivity contribution in [3.63, 3.8) is 0 Å². The third kappa shape index (κ3) is 4.71. The van der Waals surface area contributed by atoms with E-state index in [-0.39, 0.29) is 27.5 Å². The average molecular weight is 424 g/mol. The molecule has 0 saturated carbocycles. The lowest BCUT2D eigenvalue weighted by Crippen LogP contribution is -1.91. The number of rotatable bonds is 4. The first-order valence-corrected chi connectivity index (χ1v) is 8.43. The second-order valence-corrected chi connectivity index (χ2v) is 6.85. The van der Waals surface area contributed by atoms with E-state index in [1.807, 2.05) is 12.1 Å². The maximum Gasteiger partial charge on any atom is 0.0809 e. The monoisotopic (exact) mass is 421 g/mol. The van der Waals surface area contributed by atoms with Crippen LogP contribution in [-0.2, 0) is 6.42 Å². The Morgan fingerprint density at radius 1 is 0.810 bits per heavy atom. The molecule has 21 heavy (non-hydrogen) atoms. The van der Waals surface area contributed by atoms with Gasteiger partial charge in [-0.05, 0) is 24.1 Å². The summed E-state index contributed by atoms with van der Waals surface area (Å²) in [5, 5.41) is 1.32. The minimum absolute atomic E-state index is 0. The summed E-state index contributed by atoms with van der Waals surface area (Å²) in [5.74, 6) is 0.789. The van der Waals surface area contributed by atoms with E-state index in [9.17, 15) is 0 Å². The Morgan fingerprint density at radius 2 is 1.29 bits per heavy atom. The van der Waals surface area contributed by atoms with Gasteiger partial charge in [-0.1, -0.05) is 58.0 Å². The number of aromatic nitrogens is 1. The first-order chi connectivity index (χ1) is 9.52. The third-order valence-electron chi connectivity index (χ3n) is 2.56. The summed E-state index contributed by atoms with van der Waals surface area (Å²) in [6.45, 7) is 0. The molecule has 0 amide bonds. The van der Waals surface area contributed by atoms with Crippen LogP contribution in [-0.4, -0.2) is 10.7 Å². The molecule has 0 aliphatic heterocycles. The molecule has 114 valence electrons. The van der Waals surface area contributed by atoms with Gasteiger partial charge in [-0.2, -0.15) is 0 Å². The van der Waals surface area contributed by atoms with Crippen LogP contribution in [0, 0.1) is 0 Å². The van der Waals surface area contributed by atoms with Gasteiger partial charge in [0.2, 0.25) is 0 Å². The molecule has 0 atom stereocenters. The number of thioether (sulfide) groups is 1. The number of benzene rings is 1. The molecule has 8 heteroatoms. The zero-order chi connectivity index (χ0) is 14.7. The van der Waals surface area contributed by atoms with E-state index in [4.69, 9.17) is 58.0 Å². The molecule has 0 fully saturated rings. The summed E-state index contributed by atoms with van der Waals surface area (Å²) in [5.41, 5.74) is 1.19. The predicted octanol–water partition coefficient (Wildman–Crippen LogP) is 7.11. The van der Waals surface area contributed by atoms with Crippen LogP contribution in [0.3, 0.4) is 0 Å². The van der Waals surface area contributed by atoms with Crippen LogP contribution in [0.2, 0.25) is 25.1 Å². The number of hydrogen-bond acceptors (Lipinski definition) is 2. The normalized spacial score (nSPS) is 10.3. The Labute approximate surface area is 158 Å². The van der Waals surface area contributed by atoms with Gasteiger partial charge in [-0.3, -0.25) is 4.98 Å². The molecule has 0 aliphatic rings. The van der Waals surface area contributed by atoms with Gasteiger partial charge in [0, 0.05) is 23.0 Å². The van der Waals surface area contributed by atoms with Crippen LogP contribution in [0.15, 0.2) is 29.4 Å². The van der Waals surface area contributed by atoms with E-state index >= 15 is 0 Å². The van der Waals surface area contributed by atoms with Gasteiger partial charge in [0.25, 0.3) is 0 Å². The summed E-state index contributed by atoms with van der Waals surface area (Å²) in [4.78, 5) is 4.63. The minimum atomic E-state index is 0. The minimum Gasteiger partial charge on any atom is -0.265 e. The lowest BCUT2D eigenvalue weighted by atomic mass is 10.2. The van der Waals surface area contributed by atoms with Crippen LogP contribution in [0.1, 0.15) is 5.56 Å². The molecule has 0 N–H and O–H groups in total. The van der Waals surface area contributed by atoms with Crippen LogP contribution in [0.25, 0.3) is 0 Å². The SMILES string of the molecule is Cl.Clc1c(Cl)c(Cl)c(SCCc2ccncc2)c(Cl)c1Cl. The van der Waals surface area contributed by atoms with Crippen molar-refractivity contribution >= 4 is 82.2 Å². The second-order valence-electron chi connectivity index (χ2n) is 3.85. The second kappa shape index (κ2) is 8.93. The van der Waals surface area contributed by atoms with Crippen molar-refractivity contribution in [1.82, 2.24) is 4.98 Å². The fourth-order valence-electron chi connectivity index (χ4n) is 1.53. The van der Waals surface area contributed by atoms with Crippen molar-refractivity contribution in [2.24, 2.45) is 0 Å². The molecule has 1 aromatic carbocycles. The zero-order valence-corrected chi connectivity index (χ0v) is 15.8. The van der Waals surface area contributed by atoms with Crippen LogP contribution < -0.4 is 0 Å². The number of hydrogen-bond donors (Lipinski definition) is 0. The fourth-order valence-corrected chi connectivity index (χ4v) is 4.11. The molecule has 2 rings (SSSR count). The van der Waals surface area contributed by atoms with Crippen molar-refractivity contribution in [2.75, 3.05) is 5.75 Å². The van der Waals surface area contributed by atoms with E-state index in [0.29, 0.717) is 14.9 Å². The molecule has 1 heterocycles. The smallest absolute Gasteiger partial charge is 0.0809 e. The average Bonchev–Trinajstić information content (AvgIpc) is 2.48. The number of aryl methyl sites for hydroxylation is 1. The van der Waals surface area contributed by atoms with Gasteiger partial charge in [0.05, 0.1) is 25.1 Å². The van der Waals surface area contributed by atoms with Gasteiger partial charge < -0.3 is 0 Å². The Kier molecular flexibility index (Phi) is 8.29. The molecule has 0 saturated heterocycles. The number of nitrogens with zero attached hydrogens (tertiary/aromatic N) is 1. The number of halogens is 6. The summed E-state index contributed by atoms with van der Waals surface area (Å²) in [7, 11) is 0. The van der Waals surface area contributed by atoms with E-state index in [0.717, 1.165) is 12.2 Å². The highest BCUT2D eigenvalue weighted by atomic mass is 35.5. The molecule has 1 nitrogen and oxygen atoms in total. The largest absolute Gasteiger partial charge is 0.265 e. The van der Waals surface area contributed by atoms with Crippen molar-refractivity contribution in [1.29, 1.82) is 0 Å². The Hall–Kier alpha value is 0.460. The van der Waals surface area contributed by atoms with Gasteiger partial charge in [-0.15, -0.1) is 24.2 Å². The molecule has 0 aliphatic carbocycles. The molecule has 2 aromatic rings. The lowest BCUT2D eigenvalue weighted by Gasteiger charge is -2.11. The molecular weight excluding hydrogens is 415 g/mol. The predicted molar refractivity (Wildman–Crippen MR) is 97.4 cm³/mol. The molecular formula is C13H9Cl6NS. The van der Waals surface area contributed by atoms with Crippen molar-refractivity contribution < 1.29 is 0 Å². The zero-order valence-electron chi connectivity index (χ0n) is 10.4. The topological polar surface area (TPSA) is 12.9 Å². The fraction of sp³-hybridized carbons (Fsp3) is 0.154. The summed E-state index contributed by atoms with van der Waals surface area (Å²) >= 11 is 31.8. The van der Waals surface area contributed by atoms with E-state index in [1.165, 1.54) is 17.3 Å². The van der Waals surface area contributed by atoms with Crippen LogP contribution in [0.4, 0.5) is 0 Å². The standard InChI is InChI=1S/C13H8Cl5NS.ClH/c14-8-9(15)11(17)13(12(18)10(8)16)20-6-3-7-1-4-19-5-2-7;/h1-2,4-5H,3,6H2;1H. The van der Waals surface area contributed by atoms with Crippen LogP contribution in [0.5, 0.6) is 0 Å². The molecule has 1 aromatic heterocycles. The van der Waals surface area contributed by atoms with E-state index in [2.05, 4.69) is 4.98 Å². The maximum atomic E-state index is 6.17. The first kappa shape index (κ1) is 19.5. The highest BCUT2D eigenvalue weighted by molar-refractivity contribution is 7.99. The maximum absolute atomic E-state index is 6.17. The third-order valence-corrected chi connectivity index (χ3v) is 6.16. The highest BCUT2D eigenvalue weighted by Gasteiger charge is 2.19. The summed E-state index contributed by atoms with van der Waals surface area (Å²) < 4.78 is 0. The Balaban J connectivity index is 0.00000220. The number of pyridine rings is 1. The molecule has 0 spiro atoms. The van der Waals surface area contributed by atoms with Gasteiger partial charge in [0.15, 0.2) is 0 Å². The Morgan fingerprint density at radius 3 is 1.81 bits per heavy atom. The molecule has 0 bridgehead atoms. The Bertz CT molecular complexity index is 591. The molecule has 0 unspecified atom stereocenters. The highest BCUT2D eigenvalue weighted by Crippen LogP contribution is 2.47. The quantitative estimate of drug-likeness (QED) is 0.295. The van der Waals surface area contributed by atoms with Crippen LogP contribution >= 0.6 is 82.2 Å². The van der Waals surface area contributed by atoms with E-state index in [1.54, 1.807) is 12.4 Å². The van der Waals surface area contributed by atoms with Gasteiger partial charge in [-0.25, -0.2) is 0 Å². The van der Waals surface area contributed by atoms with Crippen molar-refractivity contribution in [3.8, 4) is 0 Å². The van der Waals surface area contributed by atoms with Gasteiger partial charge >= 0.3 is 0 Å². The van der Waals surface area contributed by atoms with E-state index < -0.39 is 0 Å². The van der Waals surface area contributed by atoms with Crippen molar-refractivity contribution in [2.45, 2.75) is 11.3 Å². The molecule has 0 radical (unpaired) electrons. The summed E-state index contributed by atoms with van der Waals surface area (Å²) in [6.07, 6.45) is 4.38. The first-order valence-electron chi connectivity index (χ1n) is 5.55. The summed E-state index contributed by atoms with van der Waals surface area (Å²) in [6, 6.07) is 3.93. The van der Waals surface area contributed by atoms with Crippen molar-refractivity contribution in [3.05, 3.63) is 55.2 Å².